The number of nitrogens with zero attached hydrogens (tertiary/aromatic N) is 1. The molecule has 36 nitrogen and oxygen atoms in total. The number of aliphatic hydroxyl groups excluding tert-OH is 4. The second-order valence-electron chi connectivity index (χ2n) is 27.3. The van der Waals surface area contributed by atoms with E-state index in [4.69, 9.17) is 42.7 Å². The number of benzene rings is 1. The molecule has 4 rings (SSSR count). The third-order valence-corrected chi connectivity index (χ3v) is 17.8. The van der Waals surface area contributed by atoms with Gasteiger partial charge >= 0.3 is 24.3 Å². The smallest absolute Gasteiger partial charge is 0.475 e. The molecule has 42 heteroatoms. The van der Waals surface area contributed by atoms with Crippen LogP contribution in [0.4, 0.5) is 26.3 Å². The highest BCUT2D eigenvalue weighted by Crippen LogP contribution is 2.31. The molecule has 0 bridgehead atoms. The van der Waals surface area contributed by atoms with Crippen molar-refractivity contribution < 1.29 is 124 Å². The molecule has 0 radical (unpaired) electrons. The number of rotatable bonds is 23. The van der Waals surface area contributed by atoms with Gasteiger partial charge in [-0.3, -0.25) is 62.5 Å². The van der Waals surface area contributed by atoms with Crippen LogP contribution in [-0.2, 0) is 67.1 Å². The number of alkyl halides is 6. The zero-order chi connectivity index (χ0) is 82.2. The fraction of sp³-hybridized carbons (Fsp3) is 0.682. The summed E-state index contributed by atoms with van der Waals surface area (Å²) >= 11 is 0. The molecule has 0 unspecified atom stereocenters. The summed E-state index contributed by atoms with van der Waals surface area (Å²) in [5, 5.41) is 85.9. The van der Waals surface area contributed by atoms with Crippen molar-refractivity contribution in [2.45, 2.75) is 235 Å². The lowest BCUT2D eigenvalue weighted by molar-refractivity contribution is -0.193. The molecule has 1 aromatic carbocycles. The number of guanidine groups is 1. The topological polar surface area (TPSA) is 609 Å². The van der Waals surface area contributed by atoms with E-state index in [9.17, 15) is 89.9 Å². The number of aliphatic imine (C=N–C) groups is 1. The first-order chi connectivity index (χ1) is 50.2. The molecule has 12 amide bonds. The van der Waals surface area contributed by atoms with Crippen LogP contribution in [0, 0.1) is 29.6 Å². The minimum absolute atomic E-state index is 0.0384. The lowest BCUT2D eigenvalue weighted by Crippen LogP contribution is -2.65. The summed E-state index contributed by atoms with van der Waals surface area (Å²) in [5.41, 5.74) is 23.1. The SMILES string of the molecule is CC[C@H](C)[C@@H]1NC(=O)[C@@H](CCCN=C(N)N)NC(=O)[C@H](CC(C)C)NC(=O)[C@H]([C@H](O)C(C)C)NC(=O)[C@@H](NC(=O)[C@H](CC2CCCC2)NC(=O)[C@H](N)CC2CCCC2)[C@@H](c2ccccc2)NC(=O)[C@H](CO)NC(=O)[C@H]([C@H](O)C(N)=O)NC(=O)CNC(=O)[C@H]([C@H](C)O)NC1=O.O=C(O)C(F)(F)F.O=C(O)C(F)(F)F. The van der Waals surface area contributed by atoms with Crippen LogP contribution in [0.5, 0.6) is 0 Å². The van der Waals surface area contributed by atoms with Crippen molar-refractivity contribution >= 4 is 88.8 Å². The van der Waals surface area contributed by atoms with Crippen molar-refractivity contribution in [2.75, 3.05) is 19.7 Å². The molecular formula is C66H104F6N16O20. The van der Waals surface area contributed by atoms with E-state index in [1.165, 1.54) is 38.1 Å². The van der Waals surface area contributed by atoms with E-state index in [0.29, 0.717) is 19.3 Å². The van der Waals surface area contributed by atoms with Gasteiger partial charge in [0.2, 0.25) is 70.9 Å². The zero-order valence-electron chi connectivity index (χ0n) is 60.8. The van der Waals surface area contributed by atoms with Gasteiger partial charge in [0, 0.05) is 6.54 Å². The van der Waals surface area contributed by atoms with Gasteiger partial charge in [-0.2, -0.15) is 26.3 Å². The Morgan fingerprint density at radius 2 is 1.06 bits per heavy atom. The molecule has 3 fully saturated rings. The standard InChI is InChI=1S/C62H102N16O16.2C2HF3O2/c1-8-32(6)43-58(91)75-44(33(7)80)57(90)68-28-42(81)73-48(50(83)51(64)84)61(94)72-41(29-79)56(89)76-45(36-21-10-9-11-22-36)46(77-55(88)40(27-35-19-14-15-20-35)70-52(85)37(63)26-34-17-12-13-18-34)59(92)78-47(49(82)31(4)5)60(93)71-39(25-30(2)3)54(87)69-38(53(86)74-43)23-16-24-67-62(65)66;2*3-2(4,5)1(6)7/h9-11,21-22,30-35,37-41,43-50,79-80,82-83H,8,12-20,23-29,63H2,1-7H3,(H2,64,84)(H,68,90)(H,69,87)(H,70,85)(H,71,93)(H,72,94)(H,73,81)(H,74,86)(H,75,91)(H,76,89)(H,77,88)(H,78,92)(H4,65,66,67);2*(H,6,7)/t32-,33-,37+,38+,39-,40-,41-,43-,44-,45+,46-,47-,48-,49+,50-;;/m0../s1. The van der Waals surface area contributed by atoms with Gasteiger partial charge in [0.1, 0.15) is 54.4 Å². The number of carbonyl (C=O) groups is 14. The predicted octanol–water partition coefficient (Wildman–Crippen LogP) is -3.53. The molecular weight excluding hydrogens is 1450 g/mol. The summed E-state index contributed by atoms with van der Waals surface area (Å²) in [6, 6.07) is -11.6. The number of amides is 12. The quantitative estimate of drug-likeness (QED) is 0.0218. The maximum Gasteiger partial charge on any atom is 0.490 e. The maximum absolute atomic E-state index is 15.6. The number of carbonyl (C=O) groups excluding carboxylic acids is 12. The Morgan fingerprint density at radius 3 is 1.54 bits per heavy atom. The van der Waals surface area contributed by atoms with Gasteiger partial charge in [-0.1, -0.05) is 130 Å². The highest BCUT2D eigenvalue weighted by molar-refractivity contribution is 6.01. The summed E-state index contributed by atoms with van der Waals surface area (Å²) in [5.74, 6) is -21.4. The Morgan fingerprint density at radius 1 is 0.583 bits per heavy atom. The molecule has 1 aliphatic heterocycles. The van der Waals surface area contributed by atoms with E-state index in [1.54, 1.807) is 33.8 Å². The van der Waals surface area contributed by atoms with E-state index >= 15 is 14.4 Å². The van der Waals surface area contributed by atoms with E-state index in [0.717, 1.165) is 45.4 Å². The number of primary amides is 1. The van der Waals surface area contributed by atoms with Crippen molar-refractivity contribution in [3.05, 3.63) is 35.9 Å². The molecule has 2 saturated carbocycles. The van der Waals surface area contributed by atoms with E-state index < -0.39 is 205 Å². The number of hydrogen-bond acceptors (Lipinski definition) is 20. The van der Waals surface area contributed by atoms with Crippen LogP contribution < -0.4 is 81.4 Å². The summed E-state index contributed by atoms with van der Waals surface area (Å²) in [4.78, 5) is 194. The van der Waals surface area contributed by atoms with E-state index in [1.807, 2.05) is 5.32 Å². The molecule has 1 heterocycles. The van der Waals surface area contributed by atoms with Crippen LogP contribution in [0.3, 0.4) is 0 Å². The Kier molecular flexibility index (Phi) is 39.7. The minimum atomic E-state index is -5.08. The Bertz CT molecular complexity index is 3210. The summed E-state index contributed by atoms with van der Waals surface area (Å²) in [6.45, 7) is 8.49. The number of aliphatic carboxylic acids is 2. The molecule has 25 N–H and O–H groups in total. The molecule has 108 heavy (non-hydrogen) atoms. The van der Waals surface area contributed by atoms with Gasteiger partial charge in [-0.05, 0) is 74.2 Å². The van der Waals surface area contributed by atoms with E-state index in [2.05, 4.69) is 58.2 Å². The number of hydrogen-bond donors (Lipinski definition) is 21. The summed E-state index contributed by atoms with van der Waals surface area (Å²) < 4.78 is 63.5. The van der Waals surface area contributed by atoms with Crippen molar-refractivity contribution in [1.82, 2.24) is 58.5 Å². The Labute approximate surface area is 618 Å². The van der Waals surface area contributed by atoms with Crippen molar-refractivity contribution in [3.63, 3.8) is 0 Å². The molecule has 3 aliphatic rings. The number of carboxylic acids is 2. The lowest BCUT2D eigenvalue weighted by atomic mass is 9.93. The maximum atomic E-state index is 15.6. The number of halogens is 6. The average Bonchev–Trinajstić information content (AvgIpc) is 0.888. The predicted molar refractivity (Wildman–Crippen MR) is 370 cm³/mol. The van der Waals surface area contributed by atoms with Crippen LogP contribution in [0.1, 0.15) is 150 Å². The normalized spacial score (nSPS) is 24.2. The first-order valence-corrected chi connectivity index (χ1v) is 35.0. The van der Waals surface area contributed by atoms with E-state index in [-0.39, 0.29) is 67.9 Å². The van der Waals surface area contributed by atoms with Crippen LogP contribution in [0.2, 0.25) is 0 Å². The zero-order valence-corrected chi connectivity index (χ0v) is 60.8. The third kappa shape index (κ3) is 32.5. The Hall–Kier alpha value is -9.55. The first kappa shape index (κ1) is 94.5. The van der Waals surface area contributed by atoms with Crippen molar-refractivity contribution in [1.29, 1.82) is 0 Å². The lowest BCUT2D eigenvalue weighted by Gasteiger charge is -2.34. The average molecular weight is 1560 g/mol. The Balaban J connectivity index is 0.00000256. The number of carboxylic acid groups (broad SMARTS) is 2. The second kappa shape index (κ2) is 45.3. The number of nitrogens with one attached hydrogen (secondary N) is 11. The third-order valence-electron chi connectivity index (χ3n) is 17.8. The van der Waals surface area contributed by atoms with Crippen LogP contribution in [0.25, 0.3) is 0 Å². The summed E-state index contributed by atoms with van der Waals surface area (Å²) in [7, 11) is 0. The fourth-order valence-electron chi connectivity index (χ4n) is 11.6. The molecule has 1 saturated heterocycles. The second-order valence-corrected chi connectivity index (χ2v) is 27.3. The molecule has 0 spiro atoms. The van der Waals surface area contributed by atoms with Gasteiger partial charge in [-0.25, -0.2) is 9.59 Å². The molecule has 1 aromatic rings. The molecule has 15 atom stereocenters. The largest absolute Gasteiger partial charge is 0.490 e. The van der Waals surface area contributed by atoms with Gasteiger partial charge in [-0.15, -0.1) is 0 Å². The number of nitrogens with two attached hydrogens (primary N) is 4. The van der Waals surface area contributed by atoms with Crippen LogP contribution in [0.15, 0.2) is 35.3 Å². The van der Waals surface area contributed by atoms with Crippen LogP contribution >= 0.6 is 0 Å². The summed E-state index contributed by atoms with van der Waals surface area (Å²) in [6.07, 6.45) is -9.02. The molecule has 610 valence electrons. The number of aliphatic hydroxyl groups is 4. The van der Waals surface area contributed by atoms with Crippen LogP contribution in [-0.4, -0.2) is 230 Å². The van der Waals surface area contributed by atoms with Gasteiger partial charge in [0.05, 0.1) is 37.4 Å². The molecule has 2 aliphatic carbocycles. The van der Waals surface area contributed by atoms with Crippen molar-refractivity contribution in [2.24, 2.45) is 57.5 Å². The highest BCUT2D eigenvalue weighted by atomic mass is 19.4. The highest BCUT2D eigenvalue weighted by Gasteiger charge is 2.44. The monoisotopic (exact) mass is 1550 g/mol. The van der Waals surface area contributed by atoms with Gasteiger partial charge in [0.15, 0.2) is 12.1 Å². The molecule has 0 aromatic heterocycles. The minimum Gasteiger partial charge on any atom is -0.475 e. The van der Waals surface area contributed by atoms with Crippen molar-refractivity contribution in [3.8, 4) is 0 Å². The first-order valence-electron chi connectivity index (χ1n) is 35.0. The van der Waals surface area contributed by atoms with Gasteiger partial charge in [0.25, 0.3) is 0 Å². The van der Waals surface area contributed by atoms with Gasteiger partial charge < -0.3 is 112 Å². The fourth-order valence-corrected chi connectivity index (χ4v) is 11.6.